The topological polar surface area (TPSA) is 32.3 Å². The summed E-state index contributed by atoms with van der Waals surface area (Å²) in [6.07, 6.45) is 0. The highest BCUT2D eigenvalue weighted by Crippen LogP contribution is 2.23. The van der Waals surface area contributed by atoms with Crippen molar-refractivity contribution >= 4 is 23.5 Å². The Bertz CT molecular complexity index is 394. The van der Waals surface area contributed by atoms with Crippen molar-refractivity contribution in [3.05, 3.63) is 29.8 Å². The van der Waals surface area contributed by atoms with E-state index in [9.17, 15) is 4.79 Å². The average Bonchev–Trinajstić information content (AvgIpc) is 2.64. The van der Waals surface area contributed by atoms with Gasteiger partial charge in [0.25, 0.3) is 0 Å². The Morgan fingerprint density at radius 1 is 1.56 bits per heavy atom. The number of thioether (sulfide) groups is 1. The fourth-order valence-electron chi connectivity index (χ4n) is 1.78. The normalized spacial score (nSPS) is 19.9. The van der Waals surface area contributed by atoms with Crippen LogP contribution >= 0.6 is 11.8 Å². The van der Waals surface area contributed by atoms with Crippen LogP contribution in [0.5, 0.6) is 0 Å². The summed E-state index contributed by atoms with van der Waals surface area (Å²) in [6, 6.07) is 7.87. The third kappa shape index (κ3) is 2.50. The van der Waals surface area contributed by atoms with E-state index in [4.69, 9.17) is 0 Å². The van der Waals surface area contributed by atoms with Crippen LogP contribution in [0.3, 0.4) is 0 Å². The van der Waals surface area contributed by atoms with Gasteiger partial charge in [-0.2, -0.15) is 0 Å². The van der Waals surface area contributed by atoms with E-state index < -0.39 is 0 Å². The first-order chi connectivity index (χ1) is 7.66. The number of benzene rings is 1. The number of rotatable bonds is 1. The number of nitrogens with zero attached hydrogens (tertiary/aromatic N) is 1. The summed E-state index contributed by atoms with van der Waals surface area (Å²) in [7, 11) is 0. The van der Waals surface area contributed by atoms with Crippen molar-refractivity contribution in [1.29, 1.82) is 0 Å². The molecule has 1 aromatic carbocycles. The molecule has 0 bridgehead atoms. The second-order valence-corrected chi connectivity index (χ2v) is 5.39. The lowest BCUT2D eigenvalue weighted by Gasteiger charge is -2.20. The molecule has 16 heavy (non-hydrogen) atoms. The first-order valence-corrected chi connectivity index (χ1v) is 6.47. The number of urea groups is 1. The number of anilines is 1. The molecule has 1 heterocycles. The van der Waals surface area contributed by atoms with E-state index in [1.54, 1.807) is 0 Å². The Morgan fingerprint density at radius 3 is 3.00 bits per heavy atom. The second kappa shape index (κ2) is 4.78. The summed E-state index contributed by atoms with van der Waals surface area (Å²) in [6.45, 7) is 4.92. The molecule has 1 aliphatic rings. The Balaban J connectivity index is 2.02. The van der Waals surface area contributed by atoms with Gasteiger partial charge in [0.2, 0.25) is 0 Å². The third-order valence-corrected chi connectivity index (χ3v) is 3.82. The minimum Gasteiger partial charge on any atom is -0.312 e. The van der Waals surface area contributed by atoms with Gasteiger partial charge in [0, 0.05) is 18.0 Å². The highest BCUT2D eigenvalue weighted by Gasteiger charge is 2.25. The summed E-state index contributed by atoms with van der Waals surface area (Å²) >= 11 is 1.81. The van der Waals surface area contributed by atoms with Crippen LogP contribution in [-0.4, -0.2) is 28.6 Å². The van der Waals surface area contributed by atoms with Crippen LogP contribution in [0.1, 0.15) is 12.5 Å². The van der Waals surface area contributed by atoms with Gasteiger partial charge >= 0.3 is 6.03 Å². The molecule has 2 rings (SSSR count). The van der Waals surface area contributed by atoms with Gasteiger partial charge in [0.1, 0.15) is 0 Å². The molecule has 86 valence electrons. The maximum absolute atomic E-state index is 11.9. The second-order valence-electron chi connectivity index (χ2n) is 3.96. The lowest BCUT2D eigenvalue weighted by atomic mass is 10.2. The Hall–Kier alpha value is -1.16. The Morgan fingerprint density at radius 2 is 2.38 bits per heavy atom. The predicted molar refractivity (Wildman–Crippen MR) is 68.8 cm³/mol. The number of hydrogen-bond donors (Lipinski definition) is 1. The van der Waals surface area contributed by atoms with Gasteiger partial charge in [0.15, 0.2) is 0 Å². The summed E-state index contributed by atoms with van der Waals surface area (Å²) in [5.74, 6) is 1.03. The van der Waals surface area contributed by atoms with E-state index in [1.165, 1.54) is 0 Å². The van der Waals surface area contributed by atoms with Crippen LogP contribution in [0.25, 0.3) is 0 Å². The molecular formula is C12H16N2OS. The molecule has 0 aliphatic carbocycles. The number of aryl methyl sites for hydroxylation is 1. The average molecular weight is 236 g/mol. The molecule has 0 spiro atoms. The molecule has 3 nitrogen and oxygen atoms in total. The Labute approximate surface area is 100 Å². The minimum atomic E-state index is 0.00287. The maximum Gasteiger partial charge on any atom is 0.322 e. The van der Waals surface area contributed by atoms with E-state index in [0.29, 0.717) is 0 Å². The molecule has 4 heteroatoms. The van der Waals surface area contributed by atoms with Crippen LogP contribution in [-0.2, 0) is 0 Å². The lowest BCUT2D eigenvalue weighted by molar-refractivity contribution is 0.216. The van der Waals surface area contributed by atoms with Crippen molar-refractivity contribution in [2.75, 3.05) is 17.6 Å². The largest absolute Gasteiger partial charge is 0.322 e. The molecule has 1 saturated heterocycles. The molecule has 0 unspecified atom stereocenters. The molecular weight excluding hydrogens is 220 g/mol. The summed E-state index contributed by atoms with van der Waals surface area (Å²) in [4.78, 5) is 13.8. The molecule has 1 fully saturated rings. The third-order valence-electron chi connectivity index (χ3n) is 2.66. The molecule has 0 aromatic heterocycles. The Kier molecular flexibility index (Phi) is 3.39. The number of nitrogens with one attached hydrogen (secondary N) is 1. The van der Waals surface area contributed by atoms with Gasteiger partial charge in [0.05, 0.1) is 5.37 Å². The summed E-state index contributed by atoms with van der Waals surface area (Å²) in [5, 5.41) is 3.21. The molecule has 1 aromatic rings. The van der Waals surface area contributed by atoms with Crippen molar-refractivity contribution in [1.82, 2.24) is 4.90 Å². The van der Waals surface area contributed by atoms with Crippen LogP contribution < -0.4 is 5.32 Å². The van der Waals surface area contributed by atoms with Crippen molar-refractivity contribution in [3.63, 3.8) is 0 Å². The predicted octanol–water partition coefficient (Wildman–Crippen LogP) is 2.92. The van der Waals surface area contributed by atoms with Gasteiger partial charge in [-0.15, -0.1) is 11.8 Å². The zero-order valence-electron chi connectivity index (χ0n) is 9.56. The maximum atomic E-state index is 11.9. The zero-order valence-corrected chi connectivity index (χ0v) is 10.4. The van der Waals surface area contributed by atoms with Crippen molar-refractivity contribution < 1.29 is 4.79 Å². The number of carbonyl (C=O) groups excluding carboxylic acids is 1. The fourth-order valence-corrected chi connectivity index (χ4v) is 2.80. The van der Waals surface area contributed by atoms with E-state index in [1.807, 2.05) is 47.9 Å². The smallest absolute Gasteiger partial charge is 0.312 e. The lowest BCUT2D eigenvalue weighted by Crippen LogP contribution is -2.36. The number of hydrogen-bond acceptors (Lipinski definition) is 2. The van der Waals surface area contributed by atoms with E-state index in [-0.39, 0.29) is 11.4 Å². The van der Waals surface area contributed by atoms with Gasteiger partial charge in [-0.1, -0.05) is 12.1 Å². The monoisotopic (exact) mass is 236 g/mol. The van der Waals surface area contributed by atoms with Crippen LogP contribution in [0.15, 0.2) is 24.3 Å². The van der Waals surface area contributed by atoms with Gasteiger partial charge in [-0.05, 0) is 31.5 Å². The highest BCUT2D eigenvalue weighted by atomic mass is 32.2. The van der Waals surface area contributed by atoms with E-state index in [0.717, 1.165) is 23.5 Å². The molecule has 0 saturated carbocycles. The van der Waals surface area contributed by atoms with Gasteiger partial charge in [-0.25, -0.2) is 4.79 Å². The fraction of sp³-hybridized carbons (Fsp3) is 0.417. The van der Waals surface area contributed by atoms with Crippen LogP contribution in [0.4, 0.5) is 10.5 Å². The van der Waals surface area contributed by atoms with Gasteiger partial charge < -0.3 is 10.2 Å². The number of amides is 2. The summed E-state index contributed by atoms with van der Waals surface area (Å²) < 4.78 is 0. The molecule has 1 atom stereocenters. The SMILES string of the molecule is Cc1cccc(NC(=O)N2CCS[C@@H]2C)c1. The quantitative estimate of drug-likeness (QED) is 0.813. The molecule has 0 radical (unpaired) electrons. The van der Waals surface area contributed by atoms with Gasteiger partial charge in [-0.3, -0.25) is 0 Å². The van der Waals surface area contributed by atoms with E-state index in [2.05, 4.69) is 12.2 Å². The highest BCUT2D eigenvalue weighted by molar-refractivity contribution is 8.00. The minimum absolute atomic E-state index is 0.00287. The molecule has 1 aliphatic heterocycles. The van der Waals surface area contributed by atoms with Crippen molar-refractivity contribution in [2.45, 2.75) is 19.2 Å². The first-order valence-electron chi connectivity index (χ1n) is 5.43. The van der Waals surface area contributed by atoms with Crippen molar-refractivity contribution in [2.24, 2.45) is 0 Å². The standard InChI is InChI=1S/C12H16N2OS/c1-9-4-3-5-11(8-9)13-12(15)14-6-7-16-10(14)2/h3-5,8,10H,6-7H2,1-2H3,(H,13,15)/t10-/m1/s1. The van der Waals surface area contributed by atoms with Crippen LogP contribution in [0.2, 0.25) is 0 Å². The number of carbonyl (C=O) groups is 1. The van der Waals surface area contributed by atoms with Crippen LogP contribution in [0, 0.1) is 6.92 Å². The van der Waals surface area contributed by atoms with E-state index >= 15 is 0 Å². The van der Waals surface area contributed by atoms with Crippen molar-refractivity contribution in [3.8, 4) is 0 Å². The first kappa shape index (κ1) is 11.3. The summed E-state index contributed by atoms with van der Waals surface area (Å²) in [5.41, 5.74) is 2.02. The zero-order chi connectivity index (χ0) is 11.5. The molecule has 1 N–H and O–H groups in total. The molecule has 2 amide bonds.